The zero-order chi connectivity index (χ0) is 24.7. The lowest BCUT2D eigenvalue weighted by Crippen LogP contribution is -2.33. The van der Waals surface area contributed by atoms with Crippen molar-refractivity contribution in [3.8, 4) is 11.8 Å². The number of halogens is 1. The highest BCUT2D eigenvalue weighted by Crippen LogP contribution is 2.30. The molecule has 36 heavy (non-hydrogen) atoms. The van der Waals surface area contributed by atoms with E-state index in [0.717, 1.165) is 23.1 Å². The van der Waals surface area contributed by atoms with Gasteiger partial charge in [-0.05, 0) is 54.1 Å². The number of urea groups is 1. The van der Waals surface area contributed by atoms with Crippen molar-refractivity contribution in [1.82, 2.24) is 10.0 Å². The fourth-order valence-corrected chi connectivity index (χ4v) is 3.90. The molecule has 7 heteroatoms. The number of carbonyl (C=O) groups is 1. The third-order valence-corrected chi connectivity index (χ3v) is 5.61. The van der Waals surface area contributed by atoms with Crippen molar-refractivity contribution in [3.05, 3.63) is 120 Å². The molecule has 0 spiro atoms. The Kier molecular flexibility index (Phi) is 6.88. The number of hydroxylamine groups is 2. The van der Waals surface area contributed by atoms with Crippen molar-refractivity contribution in [2.45, 2.75) is 12.5 Å². The van der Waals surface area contributed by atoms with Crippen LogP contribution in [0.1, 0.15) is 29.2 Å². The summed E-state index contributed by atoms with van der Waals surface area (Å²) in [5.74, 6) is 6.45. The zero-order valence-electron chi connectivity index (χ0n) is 19.3. The van der Waals surface area contributed by atoms with Crippen LogP contribution in [0.5, 0.6) is 0 Å². The average Bonchev–Trinajstić information content (AvgIpc) is 3.40. The second-order valence-electron chi connectivity index (χ2n) is 8.20. The van der Waals surface area contributed by atoms with E-state index in [1.165, 1.54) is 17.2 Å². The van der Waals surface area contributed by atoms with Gasteiger partial charge in [-0.2, -0.15) is 5.06 Å². The maximum atomic E-state index is 13.3. The van der Waals surface area contributed by atoms with Gasteiger partial charge in [-0.25, -0.2) is 14.2 Å². The van der Waals surface area contributed by atoms with E-state index in [4.69, 9.17) is 4.84 Å². The molecule has 3 aromatic carbocycles. The van der Waals surface area contributed by atoms with Crippen LogP contribution in [0.25, 0.3) is 0 Å². The lowest BCUT2D eigenvalue weighted by Gasteiger charge is -2.23. The van der Waals surface area contributed by atoms with Crippen LogP contribution in [0.4, 0.5) is 26.4 Å². The van der Waals surface area contributed by atoms with E-state index in [9.17, 15) is 9.18 Å². The first-order chi connectivity index (χ1) is 17.6. The summed E-state index contributed by atoms with van der Waals surface area (Å²) in [6.07, 6.45) is 2.39. The molecule has 1 fully saturated rings. The van der Waals surface area contributed by atoms with Crippen molar-refractivity contribution in [1.29, 1.82) is 0 Å². The lowest BCUT2D eigenvalue weighted by molar-refractivity contribution is -0.0829. The maximum absolute atomic E-state index is 13.3. The van der Waals surface area contributed by atoms with Crippen LogP contribution in [-0.4, -0.2) is 22.7 Å². The Hall–Kier alpha value is -4.67. The van der Waals surface area contributed by atoms with Crippen LogP contribution < -0.4 is 10.6 Å². The summed E-state index contributed by atoms with van der Waals surface area (Å²) in [7, 11) is 0. The van der Waals surface area contributed by atoms with E-state index < -0.39 is 0 Å². The summed E-state index contributed by atoms with van der Waals surface area (Å²) < 4.78 is 13.3. The van der Waals surface area contributed by atoms with Crippen molar-refractivity contribution in [2.75, 3.05) is 17.2 Å². The third kappa shape index (κ3) is 5.69. The smallest absolute Gasteiger partial charge is 0.340 e. The summed E-state index contributed by atoms with van der Waals surface area (Å²) in [5.41, 5.74) is 3.76. The molecule has 2 heterocycles. The molecule has 4 aromatic rings. The van der Waals surface area contributed by atoms with Crippen LogP contribution in [0.15, 0.2) is 97.2 Å². The molecule has 1 atom stereocenters. The predicted molar refractivity (Wildman–Crippen MR) is 137 cm³/mol. The van der Waals surface area contributed by atoms with Gasteiger partial charge in [0.05, 0.1) is 12.6 Å². The minimum atomic E-state index is -0.322. The molecule has 6 nitrogen and oxygen atoms in total. The van der Waals surface area contributed by atoms with Gasteiger partial charge in [0.1, 0.15) is 11.6 Å². The van der Waals surface area contributed by atoms with Gasteiger partial charge < -0.3 is 10.6 Å². The summed E-state index contributed by atoms with van der Waals surface area (Å²) in [6.45, 7) is 0.489. The summed E-state index contributed by atoms with van der Waals surface area (Å²) >= 11 is 0. The molecule has 0 saturated carbocycles. The largest absolute Gasteiger partial charge is 0.346 e. The highest BCUT2D eigenvalue weighted by atomic mass is 19.1. The minimum absolute atomic E-state index is 0.125. The molecule has 0 unspecified atom stereocenters. The molecule has 0 radical (unpaired) electrons. The standard InChI is InChI=1S/C29H23FN4O2/c30-24-9-5-11-26(19-24)32-28-15-14-22(20-31-28)13-12-21-6-4-10-25(18-21)33-29(35)34-27(16-17-36-34)23-7-2-1-3-8-23/h1-11,14-15,18-20,27H,16-17H2,(H,31,32)(H,33,35)/t27-/m0/s1. The van der Waals surface area contributed by atoms with Gasteiger partial charge in [0.25, 0.3) is 0 Å². The molecule has 1 aliphatic rings. The maximum Gasteiger partial charge on any atom is 0.346 e. The van der Waals surface area contributed by atoms with E-state index in [1.54, 1.807) is 24.4 Å². The summed E-state index contributed by atoms with van der Waals surface area (Å²) in [4.78, 5) is 22.8. The number of pyridine rings is 1. The normalized spacial score (nSPS) is 14.6. The predicted octanol–water partition coefficient (Wildman–Crippen LogP) is 6.27. The Morgan fingerprint density at radius 1 is 0.917 bits per heavy atom. The Labute approximate surface area is 208 Å². The van der Waals surface area contributed by atoms with Crippen molar-refractivity contribution in [3.63, 3.8) is 0 Å². The van der Waals surface area contributed by atoms with Crippen LogP contribution in [0, 0.1) is 17.7 Å². The molecule has 0 bridgehead atoms. The number of rotatable bonds is 4. The van der Waals surface area contributed by atoms with Crippen LogP contribution in [0.2, 0.25) is 0 Å². The first-order valence-electron chi connectivity index (χ1n) is 11.5. The van der Waals surface area contributed by atoms with E-state index in [2.05, 4.69) is 27.5 Å². The fourth-order valence-electron chi connectivity index (χ4n) is 3.90. The topological polar surface area (TPSA) is 66.5 Å². The summed E-state index contributed by atoms with van der Waals surface area (Å²) in [5, 5.41) is 7.36. The number of nitrogens with one attached hydrogen (secondary N) is 2. The number of benzene rings is 3. The van der Waals surface area contributed by atoms with E-state index in [-0.39, 0.29) is 17.9 Å². The Morgan fingerprint density at radius 2 is 1.72 bits per heavy atom. The Bertz CT molecular complexity index is 1410. The number of aromatic nitrogens is 1. The first-order valence-corrected chi connectivity index (χ1v) is 11.5. The van der Waals surface area contributed by atoms with E-state index in [1.807, 2.05) is 60.7 Å². The molecule has 2 amide bonds. The van der Waals surface area contributed by atoms with Gasteiger partial charge in [0.2, 0.25) is 0 Å². The molecular formula is C29H23FN4O2. The minimum Gasteiger partial charge on any atom is -0.340 e. The number of carbonyl (C=O) groups excluding carboxylic acids is 1. The molecule has 1 aromatic heterocycles. The fraction of sp³-hybridized carbons (Fsp3) is 0.103. The third-order valence-electron chi connectivity index (χ3n) is 5.61. The highest BCUT2D eigenvalue weighted by Gasteiger charge is 2.31. The average molecular weight is 479 g/mol. The number of nitrogens with zero attached hydrogens (tertiary/aromatic N) is 2. The van der Waals surface area contributed by atoms with Crippen molar-refractivity contribution < 1.29 is 14.0 Å². The molecule has 0 aliphatic carbocycles. The second kappa shape index (κ2) is 10.7. The van der Waals surface area contributed by atoms with Crippen LogP contribution in [-0.2, 0) is 4.84 Å². The number of hydrogen-bond acceptors (Lipinski definition) is 4. The SMILES string of the molecule is O=C(Nc1cccc(C#Cc2ccc(Nc3cccc(F)c3)nc2)c1)N1OCC[C@H]1c1ccccc1. The Morgan fingerprint density at radius 3 is 2.53 bits per heavy atom. The highest BCUT2D eigenvalue weighted by molar-refractivity contribution is 5.89. The summed E-state index contributed by atoms with van der Waals surface area (Å²) in [6, 6.07) is 26.5. The van der Waals surface area contributed by atoms with Gasteiger partial charge >= 0.3 is 6.03 Å². The van der Waals surface area contributed by atoms with E-state index >= 15 is 0 Å². The van der Waals surface area contributed by atoms with Gasteiger partial charge in [-0.1, -0.05) is 54.3 Å². The van der Waals surface area contributed by atoms with Gasteiger partial charge in [0.15, 0.2) is 0 Å². The van der Waals surface area contributed by atoms with Crippen LogP contribution in [0.3, 0.4) is 0 Å². The Balaban J connectivity index is 1.23. The van der Waals surface area contributed by atoms with Gasteiger partial charge in [-0.15, -0.1) is 0 Å². The number of hydrogen-bond donors (Lipinski definition) is 2. The van der Waals surface area contributed by atoms with Crippen molar-refractivity contribution >= 4 is 23.2 Å². The molecule has 178 valence electrons. The first kappa shape index (κ1) is 23.1. The molecular weight excluding hydrogens is 455 g/mol. The zero-order valence-corrected chi connectivity index (χ0v) is 19.3. The quantitative estimate of drug-likeness (QED) is 0.339. The number of anilines is 3. The number of amides is 2. The van der Waals surface area contributed by atoms with Crippen LogP contribution >= 0.6 is 0 Å². The lowest BCUT2D eigenvalue weighted by atomic mass is 10.1. The van der Waals surface area contributed by atoms with Gasteiger partial charge in [0, 0.05) is 35.1 Å². The molecule has 2 N–H and O–H groups in total. The van der Waals surface area contributed by atoms with E-state index in [0.29, 0.717) is 23.8 Å². The van der Waals surface area contributed by atoms with Gasteiger partial charge in [-0.3, -0.25) is 4.84 Å². The monoisotopic (exact) mass is 478 g/mol. The molecule has 5 rings (SSSR count). The molecule has 1 saturated heterocycles. The van der Waals surface area contributed by atoms with Crippen molar-refractivity contribution in [2.24, 2.45) is 0 Å². The second-order valence-corrected chi connectivity index (χ2v) is 8.20. The molecule has 1 aliphatic heterocycles.